The molecule has 0 bridgehead atoms. The molecule has 3 aliphatic rings. The lowest BCUT2D eigenvalue weighted by atomic mass is 10.0. The van der Waals surface area contributed by atoms with Crippen LogP contribution in [0.25, 0.3) is 10.8 Å². The Morgan fingerprint density at radius 2 is 1.95 bits per heavy atom. The average Bonchev–Trinajstić information content (AvgIpc) is 3.27. The average molecular weight is 571 g/mol. The lowest BCUT2D eigenvalue weighted by Gasteiger charge is -2.40. The van der Waals surface area contributed by atoms with Crippen LogP contribution in [0.4, 0.5) is 22.0 Å². The van der Waals surface area contributed by atoms with Crippen molar-refractivity contribution in [1.29, 1.82) is 5.26 Å². The van der Waals surface area contributed by atoms with E-state index < -0.39 is 12.1 Å². The van der Waals surface area contributed by atoms with Gasteiger partial charge in [-0.25, -0.2) is 4.79 Å². The normalized spacial score (nSPS) is 21.0. The Morgan fingerprint density at radius 3 is 2.71 bits per heavy atom. The van der Waals surface area contributed by atoms with Gasteiger partial charge in [-0.3, -0.25) is 0 Å². The number of hydrogen-bond acceptors (Lipinski definition) is 9. The number of nitriles is 1. The zero-order valence-electron chi connectivity index (χ0n) is 24.3. The highest BCUT2D eigenvalue weighted by molar-refractivity contribution is 5.97. The minimum atomic E-state index is -1.000. The van der Waals surface area contributed by atoms with Crippen LogP contribution in [0.1, 0.15) is 30.5 Å². The van der Waals surface area contributed by atoms with Gasteiger partial charge >= 0.3 is 12.1 Å². The third-order valence-corrected chi connectivity index (χ3v) is 8.83. The van der Waals surface area contributed by atoms with E-state index in [9.17, 15) is 15.2 Å². The number of likely N-dealkylation sites (tertiary alicyclic amines) is 1. The lowest BCUT2D eigenvalue weighted by Crippen LogP contribution is -2.55. The predicted molar refractivity (Wildman–Crippen MR) is 162 cm³/mol. The standard InChI is InChI=1S/C31H38N8O3/c1-21-6-3-7-22-8-4-10-26(27(21)22)37-15-13-33-28-25(19-37)34-30(42-20-24-9-5-14-36(24)2)35-29(28)38-16-17-39(31(40)41)23(18-38)11-12-32/h3-4,6-8,10,23-24,33H,5,9,11,13-20H2,1-2H3,(H,40,41). The summed E-state index contributed by atoms with van der Waals surface area (Å²) in [6, 6.07) is 15.2. The summed E-state index contributed by atoms with van der Waals surface area (Å²) < 4.78 is 6.27. The van der Waals surface area contributed by atoms with Crippen molar-refractivity contribution in [3.63, 3.8) is 0 Å². The molecule has 2 unspecified atom stereocenters. The molecule has 42 heavy (non-hydrogen) atoms. The number of aromatic nitrogens is 2. The van der Waals surface area contributed by atoms with Gasteiger partial charge in [-0.15, -0.1) is 0 Å². The molecule has 2 atom stereocenters. The van der Waals surface area contributed by atoms with E-state index in [2.05, 4.69) is 76.5 Å². The third-order valence-electron chi connectivity index (χ3n) is 8.83. The monoisotopic (exact) mass is 570 g/mol. The molecule has 4 heterocycles. The number of ether oxygens (including phenoxy) is 1. The van der Waals surface area contributed by atoms with Gasteiger partial charge < -0.3 is 34.8 Å². The van der Waals surface area contributed by atoms with Gasteiger partial charge in [0.1, 0.15) is 12.3 Å². The van der Waals surface area contributed by atoms with Crippen molar-refractivity contribution in [2.24, 2.45) is 0 Å². The molecule has 2 N–H and O–H groups in total. The number of benzene rings is 2. The second-order valence-electron chi connectivity index (χ2n) is 11.5. The summed E-state index contributed by atoms with van der Waals surface area (Å²) >= 11 is 0. The number of piperazine rings is 1. The second kappa shape index (κ2) is 11.9. The van der Waals surface area contributed by atoms with Gasteiger partial charge in [0.2, 0.25) is 0 Å². The predicted octanol–water partition coefficient (Wildman–Crippen LogP) is 3.93. The van der Waals surface area contributed by atoms with Gasteiger partial charge in [-0.2, -0.15) is 15.2 Å². The molecule has 0 saturated carbocycles. The number of nitrogens with one attached hydrogen (secondary N) is 1. The Labute approximate surface area is 246 Å². The molecule has 2 saturated heterocycles. The molecule has 0 radical (unpaired) electrons. The summed E-state index contributed by atoms with van der Waals surface area (Å²) in [5.41, 5.74) is 4.09. The van der Waals surface area contributed by atoms with Crippen LogP contribution >= 0.6 is 0 Å². The first-order chi connectivity index (χ1) is 20.4. The van der Waals surface area contributed by atoms with Crippen molar-refractivity contribution in [2.45, 2.75) is 44.8 Å². The molecule has 3 aromatic rings. The van der Waals surface area contributed by atoms with E-state index >= 15 is 0 Å². The Morgan fingerprint density at radius 1 is 1.12 bits per heavy atom. The van der Waals surface area contributed by atoms with Gasteiger partial charge in [0.25, 0.3) is 0 Å². The van der Waals surface area contributed by atoms with Gasteiger partial charge in [-0.1, -0.05) is 30.3 Å². The van der Waals surface area contributed by atoms with Crippen molar-refractivity contribution < 1.29 is 14.6 Å². The maximum Gasteiger partial charge on any atom is 0.407 e. The molecule has 0 spiro atoms. The minimum Gasteiger partial charge on any atom is -0.465 e. The number of anilines is 3. The van der Waals surface area contributed by atoms with E-state index in [4.69, 9.17) is 14.7 Å². The fourth-order valence-corrected chi connectivity index (χ4v) is 6.55. The number of carbonyl (C=O) groups is 1. The van der Waals surface area contributed by atoms with E-state index in [1.54, 1.807) is 0 Å². The maximum absolute atomic E-state index is 11.9. The molecule has 11 heteroatoms. The number of carboxylic acid groups (broad SMARTS) is 1. The zero-order chi connectivity index (χ0) is 29.2. The molecular weight excluding hydrogens is 532 g/mol. The van der Waals surface area contributed by atoms with Crippen LogP contribution in [0.5, 0.6) is 6.01 Å². The van der Waals surface area contributed by atoms with Crippen molar-refractivity contribution in [3.05, 3.63) is 47.7 Å². The first-order valence-corrected chi connectivity index (χ1v) is 14.8. The lowest BCUT2D eigenvalue weighted by molar-refractivity contribution is 0.119. The van der Waals surface area contributed by atoms with E-state index in [1.807, 2.05) is 0 Å². The van der Waals surface area contributed by atoms with Gasteiger partial charge in [0.05, 0.1) is 30.8 Å². The zero-order valence-corrected chi connectivity index (χ0v) is 24.3. The Balaban J connectivity index is 1.37. The molecule has 2 aromatic carbocycles. The van der Waals surface area contributed by atoms with Crippen molar-refractivity contribution in [1.82, 2.24) is 19.8 Å². The molecule has 3 aliphatic heterocycles. The molecule has 2 fully saturated rings. The number of rotatable bonds is 6. The van der Waals surface area contributed by atoms with Crippen LogP contribution in [-0.2, 0) is 6.54 Å². The van der Waals surface area contributed by atoms with Crippen molar-refractivity contribution in [2.75, 3.05) is 68.0 Å². The van der Waals surface area contributed by atoms with Crippen molar-refractivity contribution >= 4 is 34.1 Å². The highest BCUT2D eigenvalue weighted by Crippen LogP contribution is 2.36. The highest BCUT2D eigenvalue weighted by atomic mass is 16.5. The van der Waals surface area contributed by atoms with Crippen LogP contribution in [0.15, 0.2) is 36.4 Å². The van der Waals surface area contributed by atoms with Gasteiger partial charge in [0, 0.05) is 49.8 Å². The molecular formula is C31H38N8O3. The summed E-state index contributed by atoms with van der Waals surface area (Å²) in [5.74, 6) is 0.707. The largest absolute Gasteiger partial charge is 0.465 e. The summed E-state index contributed by atoms with van der Waals surface area (Å²) in [6.45, 7) is 6.90. The number of aryl methyl sites for hydroxylation is 1. The van der Waals surface area contributed by atoms with E-state index in [-0.39, 0.29) is 6.42 Å². The fraction of sp³-hybridized carbons (Fsp3) is 0.484. The minimum absolute atomic E-state index is 0.120. The van der Waals surface area contributed by atoms with E-state index in [0.29, 0.717) is 57.2 Å². The van der Waals surface area contributed by atoms with Gasteiger partial charge in [-0.05, 0) is 50.4 Å². The molecule has 11 nitrogen and oxygen atoms in total. The van der Waals surface area contributed by atoms with Crippen molar-refractivity contribution in [3.8, 4) is 12.1 Å². The molecule has 1 amide bonds. The van der Waals surface area contributed by atoms with E-state index in [1.165, 1.54) is 26.9 Å². The quantitative estimate of drug-likeness (QED) is 0.451. The highest BCUT2D eigenvalue weighted by Gasteiger charge is 2.34. The van der Waals surface area contributed by atoms with Crippen LogP contribution in [-0.4, -0.2) is 96.0 Å². The topological polar surface area (TPSA) is 121 Å². The van der Waals surface area contributed by atoms with Crippen LogP contribution in [0.2, 0.25) is 0 Å². The Hall–Kier alpha value is -4.30. The Kier molecular flexibility index (Phi) is 7.89. The summed E-state index contributed by atoms with van der Waals surface area (Å²) in [5, 5.41) is 25.2. The molecule has 220 valence electrons. The van der Waals surface area contributed by atoms with E-state index in [0.717, 1.165) is 37.3 Å². The maximum atomic E-state index is 11.9. The Bertz CT molecular complexity index is 1500. The molecule has 6 rings (SSSR count). The second-order valence-corrected chi connectivity index (χ2v) is 11.5. The number of amides is 1. The summed E-state index contributed by atoms with van der Waals surface area (Å²) in [7, 11) is 2.12. The third kappa shape index (κ3) is 5.46. The van der Waals surface area contributed by atoms with Crippen LogP contribution in [0.3, 0.4) is 0 Å². The smallest absolute Gasteiger partial charge is 0.407 e. The molecule has 0 aliphatic carbocycles. The summed E-state index contributed by atoms with van der Waals surface area (Å²) in [4.78, 5) is 29.9. The summed E-state index contributed by atoms with van der Waals surface area (Å²) in [6.07, 6.45) is 1.35. The van der Waals surface area contributed by atoms with Crippen LogP contribution in [0, 0.1) is 18.3 Å². The number of likely N-dealkylation sites (N-methyl/N-ethyl adjacent to an activating group) is 1. The fourth-order valence-electron chi connectivity index (χ4n) is 6.55. The van der Waals surface area contributed by atoms with Crippen LogP contribution < -0.4 is 19.9 Å². The number of nitrogens with zero attached hydrogens (tertiary/aromatic N) is 7. The number of hydrogen-bond donors (Lipinski definition) is 2. The van der Waals surface area contributed by atoms with Gasteiger partial charge in [0.15, 0.2) is 5.82 Å². The SMILES string of the molecule is Cc1cccc2cccc(N3CCNc4c(nc(OCC5CCCN5C)nc4N4CCN(C(=O)O)C(CC#N)C4)C3)c12. The number of fused-ring (bicyclic) bond motifs is 2. The molecule has 1 aromatic heterocycles. The first-order valence-electron chi connectivity index (χ1n) is 14.8. The first kappa shape index (κ1) is 27.8.